The van der Waals surface area contributed by atoms with Crippen molar-refractivity contribution in [1.82, 2.24) is 9.97 Å². The van der Waals surface area contributed by atoms with Crippen LogP contribution in [-0.2, 0) is 0 Å². The largest absolute Gasteiger partial charge is 0.506 e. The normalized spacial score (nSPS) is 11.6. The van der Waals surface area contributed by atoms with Crippen LogP contribution in [0.1, 0.15) is 15.2 Å². The standard InChI is InChI=1S/C23H14N4O2S3/c24-16-15-17(25)21(22-27-12-5-1-2-6-14(12)30-22)32-23(15)31-20(16)19(29)11-7-8-13(28)18-10(11)4-3-9-26-18/h1-9,28H,24-25H2. The number of carbonyl (C=O) groups excluding carboxylic acids is 1. The summed E-state index contributed by atoms with van der Waals surface area (Å²) in [7, 11) is 0. The molecule has 6 aromatic rings. The Morgan fingerprint density at radius 1 is 0.938 bits per heavy atom. The number of fused-ring (bicyclic) bond motifs is 3. The van der Waals surface area contributed by atoms with Crippen molar-refractivity contribution in [3.8, 4) is 15.6 Å². The van der Waals surface area contributed by atoms with Gasteiger partial charge in [0, 0.05) is 17.1 Å². The number of ketones is 1. The molecule has 32 heavy (non-hydrogen) atoms. The van der Waals surface area contributed by atoms with E-state index < -0.39 is 0 Å². The molecule has 0 spiro atoms. The summed E-state index contributed by atoms with van der Waals surface area (Å²) in [5.41, 5.74) is 15.6. The predicted octanol–water partition coefficient (Wildman–Crippen LogP) is 5.89. The fourth-order valence-corrected chi connectivity index (χ4v) is 7.40. The molecule has 0 bridgehead atoms. The molecule has 0 amide bonds. The summed E-state index contributed by atoms with van der Waals surface area (Å²) in [5.74, 6) is -0.183. The molecule has 0 atom stereocenters. The number of aromatic hydroxyl groups is 1. The van der Waals surface area contributed by atoms with Gasteiger partial charge in [-0.15, -0.1) is 34.0 Å². The number of nitrogens with two attached hydrogens (primary N) is 2. The van der Waals surface area contributed by atoms with Gasteiger partial charge >= 0.3 is 0 Å². The number of anilines is 2. The Kier molecular flexibility index (Phi) is 4.19. The van der Waals surface area contributed by atoms with Crippen molar-refractivity contribution in [3.05, 3.63) is 65.2 Å². The van der Waals surface area contributed by atoms with E-state index in [1.807, 2.05) is 24.3 Å². The van der Waals surface area contributed by atoms with Gasteiger partial charge in [-0.3, -0.25) is 9.78 Å². The molecular formula is C23H14N4O2S3. The monoisotopic (exact) mass is 474 g/mol. The van der Waals surface area contributed by atoms with Crippen molar-refractivity contribution < 1.29 is 9.90 Å². The summed E-state index contributed by atoms with van der Waals surface area (Å²) in [4.78, 5) is 23.6. The van der Waals surface area contributed by atoms with Crippen LogP contribution >= 0.6 is 34.0 Å². The number of hydrogen-bond acceptors (Lipinski definition) is 9. The van der Waals surface area contributed by atoms with E-state index in [4.69, 9.17) is 16.5 Å². The molecule has 0 aliphatic rings. The van der Waals surface area contributed by atoms with Crippen LogP contribution in [0.4, 0.5) is 11.4 Å². The number of nitrogens with zero attached hydrogens (tertiary/aromatic N) is 2. The Hall–Kier alpha value is -3.53. The minimum atomic E-state index is -0.213. The second-order valence-electron chi connectivity index (χ2n) is 7.20. The maximum atomic E-state index is 13.4. The van der Waals surface area contributed by atoms with Crippen LogP contribution in [0.3, 0.4) is 0 Å². The second-order valence-corrected chi connectivity index (χ2v) is 10.5. The fraction of sp³-hybridized carbons (Fsp3) is 0. The lowest BCUT2D eigenvalue weighted by molar-refractivity contribution is 0.104. The Morgan fingerprint density at radius 2 is 1.78 bits per heavy atom. The number of thiophene rings is 2. The molecule has 5 N–H and O–H groups in total. The molecule has 0 aliphatic carbocycles. The number of phenolic OH excluding ortho intramolecular Hbond substituents is 1. The van der Waals surface area contributed by atoms with Crippen LogP contribution in [-0.4, -0.2) is 20.9 Å². The number of rotatable bonds is 3. The van der Waals surface area contributed by atoms with E-state index in [1.54, 1.807) is 35.7 Å². The third-order valence-electron chi connectivity index (χ3n) is 5.31. The number of carbonyl (C=O) groups is 1. The molecule has 9 heteroatoms. The average Bonchev–Trinajstić information content (AvgIpc) is 3.47. The molecule has 0 fully saturated rings. The lowest BCUT2D eigenvalue weighted by Gasteiger charge is -2.06. The highest BCUT2D eigenvalue weighted by Crippen LogP contribution is 2.50. The highest BCUT2D eigenvalue weighted by molar-refractivity contribution is 7.42. The zero-order chi connectivity index (χ0) is 22.0. The summed E-state index contributed by atoms with van der Waals surface area (Å²) in [5, 5.41) is 12.2. The first-order valence-corrected chi connectivity index (χ1v) is 12.1. The molecule has 0 saturated carbocycles. The SMILES string of the molecule is Nc1c(C(=O)c2ccc(O)c3ncccc23)sc2sc(-c3nc4ccccc4s3)c(N)c12. The first-order chi connectivity index (χ1) is 15.5. The van der Waals surface area contributed by atoms with Gasteiger partial charge in [0.15, 0.2) is 0 Å². The maximum absolute atomic E-state index is 13.4. The van der Waals surface area contributed by atoms with Crippen LogP contribution in [0.25, 0.3) is 40.4 Å². The van der Waals surface area contributed by atoms with Crippen molar-refractivity contribution in [2.45, 2.75) is 0 Å². The van der Waals surface area contributed by atoms with Crippen molar-refractivity contribution in [2.24, 2.45) is 0 Å². The van der Waals surface area contributed by atoms with E-state index in [9.17, 15) is 9.90 Å². The lowest BCUT2D eigenvalue weighted by atomic mass is 10.0. The van der Waals surface area contributed by atoms with E-state index in [0.717, 1.165) is 24.1 Å². The van der Waals surface area contributed by atoms with Gasteiger partial charge in [-0.25, -0.2) is 4.98 Å². The smallest absolute Gasteiger partial charge is 0.205 e. The van der Waals surface area contributed by atoms with E-state index in [2.05, 4.69) is 4.98 Å². The highest BCUT2D eigenvalue weighted by Gasteiger charge is 2.25. The average molecular weight is 475 g/mol. The lowest BCUT2D eigenvalue weighted by Crippen LogP contribution is -2.03. The zero-order valence-electron chi connectivity index (χ0n) is 16.3. The molecule has 0 unspecified atom stereocenters. The Balaban J connectivity index is 1.49. The number of phenols is 1. The van der Waals surface area contributed by atoms with E-state index >= 15 is 0 Å². The Bertz CT molecular complexity index is 1660. The third-order valence-corrected chi connectivity index (χ3v) is 9.00. The van der Waals surface area contributed by atoms with Gasteiger partial charge in [-0.05, 0) is 30.3 Å². The molecule has 4 aromatic heterocycles. The summed E-state index contributed by atoms with van der Waals surface area (Å²) >= 11 is 4.42. The predicted molar refractivity (Wildman–Crippen MR) is 134 cm³/mol. The number of para-hydroxylation sites is 1. The molecule has 4 heterocycles. The number of benzene rings is 2. The molecule has 6 nitrogen and oxygen atoms in total. The first kappa shape index (κ1) is 19.2. The molecule has 0 radical (unpaired) electrons. The molecule has 6 rings (SSSR count). The highest BCUT2D eigenvalue weighted by atomic mass is 32.2. The minimum absolute atomic E-state index is 0.0296. The van der Waals surface area contributed by atoms with Gasteiger partial charge in [0.05, 0.1) is 35.9 Å². The van der Waals surface area contributed by atoms with Gasteiger partial charge in [0.25, 0.3) is 0 Å². The molecular weight excluding hydrogens is 460 g/mol. The van der Waals surface area contributed by atoms with Crippen LogP contribution in [0.15, 0.2) is 54.7 Å². The van der Waals surface area contributed by atoms with E-state index in [0.29, 0.717) is 38.1 Å². The van der Waals surface area contributed by atoms with Crippen molar-refractivity contribution in [3.63, 3.8) is 0 Å². The van der Waals surface area contributed by atoms with Gasteiger partial charge in [-0.1, -0.05) is 18.2 Å². The third kappa shape index (κ3) is 2.72. The maximum Gasteiger partial charge on any atom is 0.205 e. The summed E-state index contributed by atoms with van der Waals surface area (Å²) in [6, 6.07) is 14.5. The first-order valence-electron chi connectivity index (χ1n) is 9.60. The number of thiazole rings is 1. The summed E-state index contributed by atoms with van der Waals surface area (Å²) in [6.07, 6.45) is 1.58. The van der Waals surface area contributed by atoms with E-state index in [-0.39, 0.29) is 11.5 Å². The Morgan fingerprint density at radius 3 is 2.59 bits per heavy atom. The number of hydrogen-bond donors (Lipinski definition) is 3. The quantitative estimate of drug-likeness (QED) is 0.276. The number of pyridine rings is 1. The van der Waals surface area contributed by atoms with Gasteiger partial charge in [0.1, 0.15) is 21.2 Å². The number of aromatic nitrogens is 2. The van der Waals surface area contributed by atoms with Crippen molar-refractivity contribution in [1.29, 1.82) is 0 Å². The second kappa shape index (κ2) is 6.99. The van der Waals surface area contributed by atoms with Crippen molar-refractivity contribution in [2.75, 3.05) is 11.5 Å². The van der Waals surface area contributed by atoms with Gasteiger partial charge in [-0.2, -0.15) is 0 Å². The zero-order valence-corrected chi connectivity index (χ0v) is 18.8. The minimum Gasteiger partial charge on any atom is -0.506 e. The number of nitrogen functional groups attached to an aromatic ring is 2. The van der Waals surface area contributed by atoms with Crippen LogP contribution in [0.2, 0.25) is 0 Å². The molecule has 2 aromatic carbocycles. The Labute approximate surface area is 193 Å². The van der Waals surface area contributed by atoms with Crippen molar-refractivity contribution >= 4 is 81.7 Å². The van der Waals surface area contributed by atoms with Crippen LogP contribution in [0.5, 0.6) is 5.75 Å². The topological polar surface area (TPSA) is 115 Å². The molecule has 0 saturated heterocycles. The van der Waals surface area contributed by atoms with Crippen LogP contribution < -0.4 is 11.5 Å². The summed E-state index contributed by atoms with van der Waals surface area (Å²) in [6.45, 7) is 0. The van der Waals surface area contributed by atoms with Gasteiger partial charge < -0.3 is 16.6 Å². The van der Waals surface area contributed by atoms with Gasteiger partial charge in [0.2, 0.25) is 5.78 Å². The molecule has 156 valence electrons. The summed E-state index contributed by atoms with van der Waals surface area (Å²) < 4.78 is 1.98. The van der Waals surface area contributed by atoms with Crippen LogP contribution in [0, 0.1) is 0 Å². The molecule has 0 aliphatic heterocycles. The van der Waals surface area contributed by atoms with E-state index in [1.165, 1.54) is 28.7 Å². The fourth-order valence-electron chi connectivity index (χ4n) is 3.79.